The van der Waals surface area contributed by atoms with E-state index in [1.54, 1.807) is 0 Å². The van der Waals surface area contributed by atoms with E-state index >= 15 is 0 Å². The van der Waals surface area contributed by atoms with Crippen LogP contribution in [0.25, 0.3) is 22.3 Å². The van der Waals surface area contributed by atoms with E-state index in [1.165, 1.54) is 131 Å². The molecule has 0 amide bonds. The normalized spacial score (nSPS) is 12.3. The SMILES string of the molecule is CCCCCCCCOc1c2cccc1Cc1cc(cc(-c3ccccc3)c1)Cc1cccc(c1OCCCCCCCC)Cc1cc(cc(-c3ccccc3)c1)C2. The number of para-hydroxylation sites is 2. The van der Waals surface area contributed by atoms with Crippen molar-refractivity contribution in [2.45, 2.75) is 117 Å². The van der Waals surface area contributed by atoms with Gasteiger partial charge in [0.05, 0.1) is 13.2 Å². The Morgan fingerprint density at radius 1 is 0.328 bits per heavy atom. The van der Waals surface area contributed by atoms with Gasteiger partial charge in [-0.15, -0.1) is 0 Å². The van der Waals surface area contributed by atoms with Crippen molar-refractivity contribution in [3.63, 3.8) is 0 Å². The van der Waals surface area contributed by atoms with E-state index < -0.39 is 0 Å². The first kappa shape index (κ1) is 41.1. The predicted molar refractivity (Wildman–Crippen MR) is 246 cm³/mol. The van der Waals surface area contributed by atoms with Gasteiger partial charge in [-0.25, -0.2) is 0 Å². The molecule has 6 aromatic carbocycles. The van der Waals surface area contributed by atoms with Crippen molar-refractivity contribution >= 4 is 0 Å². The maximum atomic E-state index is 6.90. The first-order valence-electron chi connectivity index (χ1n) is 22.5. The van der Waals surface area contributed by atoms with Crippen LogP contribution in [0.15, 0.2) is 133 Å². The van der Waals surface area contributed by atoms with Crippen LogP contribution in [0.1, 0.15) is 135 Å². The number of benzene rings is 6. The Labute approximate surface area is 349 Å². The summed E-state index contributed by atoms with van der Waals surface area (Å²) in [6, 6.07) is 49.8. The van der Waals surface area contributed by atoms with Gasteiger partial charge in [0.15, 0.2) is 0 Å². The number of unbranched alkanes of at least 4 members (excludes halogenated alkanes) is 10. The van der Waals surface area contributed by atoms with Gasteiger partial charge in [0, 0.05) is 25.7 Å². The van der Waals surface area contributed by atoms with Gasteiger partial charge in [-0.1, -0.05) is 212 Å². The van der Waals surface area contributed by atoms with E-state index in [1.807, 2.05) is 0 Å². The molecule has 0 saturated carbocycles. The molecule has 1 aliphatic carbocycles. The van der Waals surface area contributed by atoms with Crippen LogP contribution in [-0.2, 0) is 25.7 Å². The summed E-state index contributed by atoms with van der Waals surface area (Å²) in [6.07, 6.45) is 18.2. The topological polar surface area (TPSA) is 18.5 Å². The largest absolute Gasteiger partial charge is 0.493 e. The Balaban J connectivity index is 1.31. The molecule has 2 heteroatoms. The molecule has 0 aliphatic heterocycles. The van der Waals surface area contributed by atoms with Gasteiger partial charge in [-0.05, 0) is 79.6 Å². The van der Waals surface area contributed by atoms with Gasteiger partial charge in [0.1, 0.15) is 11.5 Å². The van der Waals surface area contributed by atoms with Crippen molar-refractivity contribution in [3.05, 3.63) is 178 Å². The summed E-state index contributed by atoms with van der Waals surface area (Å²) in [5.74, 6) is 2.13. The quantitative estimate of drug-likeness (QED) is 0.0810. The van der Waals surface area contributed by atoms with Crippen LogP contribution < -0.4 is 9.47 Å². The molecule has 7 rings (SSSR count). The summed E-state index contributed by atoms with van der Waals surface area (Å²) in [6.45, 7) is 6.06. The Bertz CT molecular complexity index is 1920. The molecular weight excluding hydrogens is 705 g/mol. The zero-order valence-electron chi connectivity index (χ0n) is 35.2. The summed E-state index contributed by atoms with van der Waals surface area (Å²) in [4.78, 5) is 0. The zero-order chi connectivity index (χ0) is 39.8. The van der Waals surface area contributed by atoms with Gasteiger partial charge in [-0.3, -0.25) is 0 Å². The highest BCUT2D eigenvalue weighted by atomic mass is 16.5. The maximum Gasteiger partial charge on any atom is 0.126 e. The van der Waals surface area contributed by atoms with Crippen LogP contribution in [0.2, 0.25) is 0 Å². The van der Waals surface area contributed by atoms with Crippen LogP contribution in [0, 0.1) is 0 Å². The fourth-order valence-corrected chi connectivity index (χ4v) is 8.72. The summed E-state index contributed by atoms with van der Waals surface area (Å²) in [5, 5.41) is 0. The lowest BCUT2D eigenvalue weighted by molar-refractivity contribution is 0.299. The number of hydrogen-bond donors (Lipinski definition) is 0. The Morgan fingerprint density at radius 3 is 1.00 bits per heavy atom. The fraction of sp³-hybridized carbons (Fsp3) is 0.357. The van der Waals surface area contributed by atoms with E-state index in [0.29, 0.717) is 0 Å². The predicted octanol–water partition coefficient (Wildman–Crippen LogP) is 15.2. The molecule has 300 valence electrons. The first-order valence-corrected chi connectivity index (χ1v) is 22.5. The molecule has 0 radical (unpaired) electrons. The maximum absolute atomic E-state index is 6.90. The molecule has 6 aromatic rings. The average Bonchev–Trinajstić information content (AvgIpc) is 3.25. The van der Waals surface area contributed by atoms with E-state index in [2.05, 4.69) is 147 Å². The van der Waals surface area contributed by atoms with Gasteiger partial charge in [0.2, 0.25) is 0 Å². The van der Waals surface area contributed by atoms with E-state index in [-0.39, 0.29) is 0 Å². The van der Waals surface area contributed by atoms with Crippen LogP contribution >= 0.6 is 0 Å². The number of hydrogen-bond acceptors (Lipinski definition) is 2. The number of fused-ring (bicyclic) bond motifs is 8. The molecule has 0 saturated heterocycles. The number of rotatable bonds is 18. The lowest BCUT2D eigenvalue weighted by atomic mass is 9.89. The van der Waals surface area contributed by atoms with Gasteiger partial charge >= 0.3 is 0 Å². The highest BCUT2D eigenvalue weighted by molar-refractivity contribution is 5.67. The smallest absolute Gasteiger partial charge is 0.126 e. The summed E-state index contributed by atoms with van der Waals surface area (Å²) in [7, 11) is 0. The van der Waals surface area contributed by atoms with E-state index in [9.17, 15) is 0 Å². The molecule has 0 fully saturated rings. The molecule has 1 aliphatic rings. The summed E-state index contributed by atoms with van der Waals surface area (Å²) >= 11 is 0. The highest BCUT2D eigenvalue weighted by Gasteiger charge is 2.18. The second-order valence-electron chi connectivity index (χ2n) is 16.6. The Kier molecular flexibility index (Phi) is 15.3. The second kappa shape index (κ2) is 21.6. The van der Waals surface area contributed by atoms with Gasteiger partial charge in [0.25, 0.3) is 0 Å². The Morgan fingerprint density at radius 2 is 0.655 bits per heavy atom. The third kappa shape index (κ3) is 11.5. The molecule has 0 heterocycles. The monoisotopic (exact) mass is 768 g/mol. The van der Waals surface area contributed by atoms with Crippen molar-refractivity contribution < 1.29 is 9.47 Å². The third-order valence-electron chi connectivity index (χ3n) is 11.7. The van der Waals surface area contributed by atoms with Crippen molar-refractivity contribution in [1.29, 1.82) is 0 Å². The third-order valence-corrected chi connectivity index (χ3v) is 11.7. The van der Waals surface area contributed by atoms with Gasteiger partial charge < -0.3 is 9.47 Å². The minimum Gasteiger partial charge on any atom is -0.493 e. The molecule has 2 nitrogen and oxygen atoms in total. The van der Waals surface area contributed by atoms with Crippen LogP contribution in [0.5, 0.6) is 11.5 Å². The van der Waals surface area contributed by atoms with Gasteiger partial charge in [-0.2, -0.15) is 0 Å². The number of ether oxygens (including phenoxy) is 2. The standard InChI is InChI=1S/C56H64O2/c1-3-5-7-9-11-19-31-57-55-49-27-21-28-50(55)36-44-34-46(42-54(40-44)48-25-17-14-18-26-48)38-52-30-22-29-51(56(52)58-32-20-12-10-8-6-4-2)37-45-33-43(35-49)39-53(41-45)47-23-15-13-16-24-47/h13-18,21-30,33-34,39-42H,3-12,19-20,31-32,35-38H2,1-2H3. The average molecular weight is 769 g/mol. The van der Waals surface area contributed by atoms with Crippen molar-refractivity contribution in [1.82, 2.24) is 0 Å². The minimum atomic E-state index is 0.747. The van der Waals surface area contributed by atoms with Crippen molar-refractivity contribution in [2.75, 3.05) is 13.2 Å². The molecule has 0 spiro atoms. The minimum absolute atomic E-state index is 0.747. The zero-order valence-corrected chi connectivity index (χ0v) is 35.2. The molecule has 8 bridgehead atoms. The van der Waals surface area contributed by atoms with Crippen molar-refractivity contribution in [2.24, 2.45) is 0 Å². The molecule has 0 unspecified atom stereocenters. The molecular formula is C56H64O2. The summed E-state index contributed by atoms with van der Waals surface area (Å²) in [5.41, 5.74) is 15.3. The Hall–Kier alpha value is -5.08. The molecule has 0 atom stereocenters. The van der Waals surface area contributed by atoms with Crippen molar-refractivity contribution in [3.8, 4) is 33.8 Å². The van der Waals surface area contributed by atoms with Crippen LogP contribution in [-0.4, -0.2) is 13.2 Å². The van der Waals surface area contributed by atoms with E-state index in [4.69, 9.17) is 9.47 Å². The van der Waals surface area contributed by atoms with E-state index in [0.717, 1.165) is 63.2 Å². The lowest BCUT2D eigenvalue weighted by Crippen LogP contribution is -2.07. The molecule has 0 aromatic heterocycles. The fourth-order valence-electron chi connectivity index (χ4n) is 8.72. The van der Waals surface area contributed by atoms with Crippen LogP contribution in [0.3, 0.4) is 0 Å². The van der Waals surface area contributed by atoms with Crippen LogP contribution in [0.4, 0.5) is 0 Å². The summed E-state index contributed by atoms with van der Waals surface area (Å²) < 4.78 is 13.8. The first-order chi connectivity index (χ1) is 28.7. The molecule has 58 heavy (non-hydrogen) atoms. The lowest BCUT2D eigenvalue weighted by Gasteiger charge is -2.20. The second-order valence-corrected chi connectivity index (χ2v) is 16.6. The highest BCUT2D eigenvalue weighted by Crippen LogP contribution is 2.36. The molecule has 0 N–H and O–H groups in total.